The predicted molar refractivity (Wildman–Crippen MR) is 286 cm³/mol. The summed E-state index contributed by atoms with van der Waals surface area (Å²) >= 11 is 0. The van der Waals surface area contributed by atoms with E-state index in [1.807, 2.05) is 18.2 Å². The van der Waals surface area contributed by atoms with Crippen LogP contribution in [-0.4, -0.2) is 0 Å². The number of rotatable bonds is 10. The van der Waals surface area contributed by atoms with Gasteiger partial charge in [-0.1, -0.05) is 218 Å². The van der Waals surface area contributed by atoms with Crippen molar-refractivity contribution < 1.29 is 4.42 Å². The molecule has 0 aliphatic heterocycles. The van der Waals surface area contributed by atoms with E-state index in [0.29, 0.717) is 0 Å². The van der Waals surface area contributed by atoms with Gasteiger partial charge in [0, 0.05) is 28.0 Å². The van der Waals surface area contributed by atoms with Crippen molar-refractivity contribution in [3.05, 3.63) is 273 Å². The molecular weight excluding hydrogens is 823 g/mol. The third-order valence-corrected chi connectivity index (χ3v) is 13.1. The van der Waals surface area contributed by atoms with Gasteiger partial charge in [0.25, 0.3) is 0 Å². The normalized spacial score (nSPS) is 11.2. The highest BCUT2D eigenvalue weighted by atomic mass is 16.3. The van der Waals surface area contributed by atoms with E-state index in [1.165, 1.54) is 60.8 Å². The average molecular weight is 868 g/mol. The molecule has 1 aromatic heterocycles. The highest BCUT2D eigenvalue weighted by molar-refractivity contribution is 5.97. The van der Waals surface area contributed by atoms with Crippen molar-refractivity contribution in [1.29, 1.82) is 0 Å². The van der Waals surface area contributed by atoms with Crippen LogP contribution in [0.1, 0.15) is 0 Å². The number of hydrogen-bond acceptors (Lipinski definition) is 2. The molecule has 0 fully saturated rings. The Labute approximate surface area is 397 Å². The van der Waals surface area contributed by atoms with Crippen molar-refractivity contribution in [2.24, 2.45) is 0 Å². The Morgan fingerprint density at radius 2 is 0.603 bits per heavy atom. The third-order valence-electron chi connectivity index (χ3n) is 13.1. The second kappa shape index (κ2) is 17.8. The Morgan fingerprint density at radius 3 is 1.13 bits per heavy atom. The molecule has 0 amide bonds. The summed E-state index contributed by atoms with van der Waals surface area (Å²) in [6.45, 7) is 0. The summed E-state index contributed by atoms with van der Waals surface area (Å²) in [7, 11) is 0. The Kier molecular flexibility index (Phi) is 10.6. The molecular formula is C66H45NO. The SMILES string of the molecule is c1ccc(-c2ccc(-c3ccc(N(c4ccc(-c5ccc(-c6cccc(-c7cc8ccccc8o7)c6)cc5)cc4)c4ccc(-c5ccc(-c6cccc7ccccc67)cc5)cc4)cc3)cc2)cc1. The van der Waals surface area contributed by atoms with E-state index in [1.54, 1.807) is 0 Å². The van der Waals surface area contributed by atoms with Gasteiger partial charge in [0.15, 0.2) is 0 Å². The Balaban J connectivity index is 0.829. The molecule has 2 heteroatoms. The topological polar surface area (TPSA) is 16.4 Å². The van der Waals surface area contributed by atoms with Gasteiger partial charge in [-0.3, -0.25) is 0 Å². The van der Waals surface area contributed by atoms with Crippen LogP contribution in [0.3, 0.4) is 0 Å². The predicted octanol–water partition coefficient (Wildman–Crippen LogP) is 18.7. The lowest BCUT2D eigenvalue weighted by atomic mass is 9.96. The van der Waals surface area contributed by atoms with Crippen LogP contribution in [-0.2, 0) is 0 Å². The molecule has 1 heterocycles. The van der Waals surface area contributed by atoms with E-state index in [-0.39, 0.29) is 0 Å². The van der Waals surface area contributed by atoms with Crippen LogP contribution in [0.4, 0.5) is 17.1 Å². The summed E-state index contributed by atoms with van der Waals surface area (Å²) < 4.78 is 6.19. The van der Waals surface area contributed by atoms with Gasteiger partial charge in [0.2, 0.25) is 0 Å². The summed E-state index contributed by atoms with van der Waals surface area (Å²) in [6, 6.07) is 98.0. The van der Waals surface area contributed by atoms with Gasteiger partial charge in [0.05, 0.1) is 0 Å². The smallest absolute Gasteiger partial charge is 0.135 e. The van der Waals surface area contributed by atoms with Crippen LogP contribution >= 0.6 is 0 Å². The van der Waals surface area contributed by atoms with Gasteiger partial charge in [-0.25, -0.2) is 0 Å². The van der Waals surface area contributed by atoms with Crippen LogP contribution in [0.15, 0.2) is 277 Å². The van der Waals surface area contributed by atoms with Crippen molar-refractivity contribution in [2.45, 2.75) is 0 Å². The number of furan rings is 1. The van der Waals surface area contributed by atoms with Crippen LogP contribution in [0.25, 0.3) is 99.8 Å². The zero-order valence-electron chi connectivity index (χ0n) is 37.3. The maximum Gasteiger partial charge on any atom is 0.135 e. The first-order chi connectivity index (χ1) is 33.7. The fraction of sp³-hybridized carbons (Fsp3) is 0. The first kappa shape index (κ1) is 40.5. The van der Waals surface area contributed by atoms with E-state index >= 15 is 0 Å². The number of para-hydroxylation sites is 1. The van der Waals surface area contributed by atoms with Crippen molar-refractivity contribution in [1.82, 2.24) is 0 Å². The maximum atomic E-state index is 6.19. The third kappa shape index (κ3) is 8.06. The van der Waals surface area contributed by atoms with Gasteiger partial charge in [0.1, 0.15) is 11.3 Å². The molecule has 0 spiro atoms. The van der Waals surface area contributed by atoms with Gasteiger partial charge < -0.3 is 9.32 Å². The molecule has 12 rings (SSSR count). The molecule has 0 bridgehead atoms. The quantitative estimate of drug-likeness (QED) is 0.136. The molecule has 0 atom stereocenters. The average Bonchev–Trinajstić information content (AvgIpc) is 3.87. The van der Waals surface area contributed by atoms with E-state index in [0.717, 1.165) is 56.0 Å². The summed E-state index contributed by atoms with van der Waals surface area (Å²) in [6.07, 6.45) is 0. The fourth-order valence-electron chi connectivity index (χ4n) is 9.49. The first-order valence-corrected chi connectivity index (χ1v) is 23.2. The van der Waals surface area contributed by atoms with Crippen molar-refractivity contribution in [3.63, 3.8) is 0 Å². The Bertz CT molecular complexity index is 3630. The lowest BCUT2D eigenvalue weighted by Crippen LogP contribution is -2.09. The molecule has 0 saturated heterocycles. The number of hydrogen-bond donors (Lipinski definition) is 0. The second-order valence-corrected chi connectivity index (χ2v) is 17.3. The standard InChI is InChI=1S/C66H45NO/c1-2-10-46(11-3-1)47-20-22-48(23-21-47)51-32-38-60(39-33-51)67(62-42-36-53(37-43-62)50-28-30-56(31-29-50)64-18-9-14-55-12-4-6-17-63(55)64)61-40-34-52(35-41-61)49-24-26-54(27-25-49)57-15-8-16-58(44-57)66-45-59-13-5-7-19-65(59)68-66/h1-45H. The molecule has 11 aromatic carbocycles. The minimum atomic E-state index is 0.877. The highest BCUT2D eigenvalue weighted by Crippen LogP contribution is 2.39. The Hall–Kier alpha value is -8.98. The molecule has 320 valence electrons. The second-order valence-electron chi connectivity index (χ2n) is 17.3. The molecule has 0 aliphatic rings. The van der Waals surface area contributed by atoms with Gasteiger partial charge in [-0.2, -0.15) is 0 Å². The van der Waals surface area contributed by atoms with E-state index in [2.05, 4.69) is 260 Å². The fourth-order valence-corrected chi connectivity index (χ4v) is 9.49. The van der Waals surface area contributed by atoms with Crippen LogP contribution in [0.2, 0.25) is 0 Å². The van der Waals surface area contributed by atoms with Gasteiger partial charge in [-0.05, 0) is 132 Å². The summed E-state index contributed by atoms with van der Waals surface area (Å²) in [5.41, 5.74) is 19.5. The summed E-state index contributed by atoms with van der Waals surface area (Å²) in [5, 5.41) is 3.63. The maximum absolute atomic E-state index is 6.19. The monoisotopic (exact) mass is 867 g/mol. The Morgan fingerprint density at radius 1 is 0.235 bits per heavy atom. The highest BCUT2D eigenvalue weighted by Gasteiger charge is 2.15. The van der Waals surface area contributed by atoms with Crippen molar-refractivity contribution in [3.8, 4) is 78.1 Å². The molecule has 0 radical (unpaired) electrons. The van der Waals surface area contributed by atoms with E-state index in [9.17, 15) is 0 Å². The number of benzene rings is 11. The molecule has 12 aromatic rings. The molecule has 0 aliphatic carbocycles. The first-order valence-electron chi connectivity index (χ1n) is 23.2. The van der Waals surface area contributed by atoms with Crippen LogP contribution in [0, 0.1) is 0 Å². The number of anilines is 3. The van der Waals surface area contributed by atoms with E-state index in [4.69, 9.17) is 4.42 Å². The van der Waals surface area contributed by atoms with Crippen molar-refractivity contribution in [2.75, 3.05) is 4.90 Å². The minimum Gasteiger partial charge on any atom is -0.456 e. The zero-order chi connectivity index (χ0) is 45.2. The molecule has 0 unspecified atom stereocenters. The summed E-state index contributed by atoms with van der Waals surface area (Å²) in [5.74, 6) is 0.877. The van der Waals surface area contributed by atoms with Crippen LogP contribution < -0.4 is 4.90 Å². The molecule has 0 N–H and O–H groups in total. The van der Waals surface area contributed by atoms with E-state index < -0.39 is 0 Å². The molecule has 0 saturated carbocycles. The lowest BCUT2D eigenvalue weighted by molar-refractivity contribution is 0.631. The van der Waals surface area contributed by atoms with Crippen LogP contribution in [0.5, 0.6) is 0 Å². The lowest BCUT2D eigenvalue weighted by Gasteiger charge is -2.26. The van der Waals surface area contributed by atoms with Gasteiger partial charge in [-0.15, -0.1) is 0 Å². The summed E-state index contributed by atoms with van der Waals surface area (Å²) in [4.78, 5) is 2.34. The number of nitrogens with zero attached hydrogens (tertiary/aromatic N) is 1. The molecule has 2 nitrogen and oxygen atoms in total. The largest absolute Gasteiger partial charge is 0.456 e. The van der Waals surface area contributed by atoms with Crippen molar-refractivity contribution >= 4 is 38.8 Å². The molecule has 68 heavy (non-hydrogen) atoms. The minimum absolute atomic E-state index is 0.877. The van der Waals surface area contributed by atoms with Gasteiger partial charge >= 0.3 is 0 Å². The zero-order valence-corrected chi connectivity index (χ0v) is 37.3. The number of fused-ring (bicyclic) bond motifs is 2.